The number of fused-ring (bicyclic) bond motifs is 2. The van der Waals surface area contributed by atoms with Crippen molar-refractivity contribution in [3.8, 4) is 5.75 Å². The summed E-state index contributed by atoms with van der Waals surface area (Å²) in [7, 11) is 0. The minimum atomic E-state index is -1.01. The third-order valence-electron chi connectivity index (χ3n) is 4.07. The fourth-order valence-corrected chi connectivity index (χ4v) is 3.35. The molecule has 1 aromatic rings. The Morgan fingerprint density at radius 1 is 1.12 bits per heavy atom. The Hall–Kier alpha value is -1.64. The van der Waals surface area contributed by atoms with Crippen molar-refractivity contribution in [1.82, 2.24) is 0 Å². The van der Waals surface area contributed by atoms with E-state index in [-0.39, 0.29) is 17.3 Å². The number of aryl methyl sites for hydroxylation is 2. The second-order valence-corrected chi connectivity index (χ2v) is 5.07. The Morgan fingerprint density at radius 2 is 1.76 bits per heavy atom. The van der Waals surface area contributed by atoms with Crippen LogP contribution in [0.3, 0.4) is 0 Å². The van der Waals surface area contributed by atoms with Crippen molar-refractivity contribution >= 4 is 11.6 Å². The predicted molar refractivity (Wildman–Crippen MR) is 62.1 cm³/mol. The van der Waals surface area contributed by atoms with Crippen molar-refractivity contribution in [3.05, 3.63) is 28.8 Å². The van der Waals surface area contributed by atoms with Crippen LogP contribution in [0.15, 0.2) is 12.1 Å². The van der Waals surface area contributed by atoms with E-state index in [9.17, 15) is 14.7 Å². The van der Waals surface area contributed by atoms with Crippen molar-refractivity contribution < 1.29 is 14.7 Å². The van der Waals surface area contributed by atoms with Gasteiger partial charge in [-0.05, 0) is 37.0 Å². The minimum absolute atomic E-state index is 0.0135. The summed E-state index contributed by atoms with van der Waals surface area (Å²) in [5, 5.41) is 10.1. The van der Waals surface area contributed by atoms with Gasteiger partial charge in [-0.2, -0.15) is 0 Å². The number of carbonyl (C=O) groups excluding carboxylic acids is 2. The molecule has 17 heavy (non-hydrogen) atoms. The average molecular weight is 230 g/mol. The number of aromatic hydroxyl groups is 1. The van der Waals surface area contributed by atoms with Gasteiger partial charge in [0, 0.05) is 18.4 Å². The summed E-state index contributed by atoms with van der Waals surface area (Å²) >= 11 is 0. The van der Waals surface area contributed by atoms with Crippen LogP contribution in [0.4, 0.5) is 0 Å². The van der Waals surface area contributed by atoms with Crippen LogP contribution in [0.5, 0.6) is 5.75 Å². The SMILES string of the molecule is Cc1cc(O)c2c(c1)CCC21C(=O)CCC1=O. The normalized spacial score (nSPS) is 21.2. The molecule has 0 atom stereocenters. The lowest BCUT2D eigenvalue weighted by atomic mass is 9.78. The molecular weight excluding hydrogens is 216 g/mol. The summed E-state index contributed by atoms with van der Waals surface area (Å²) in [6.45, 7) is 1.91. The standard InChI is InChI=1S/C14H14O3/c1-8-6-9-4-5-14(13(9)10(15)7-8)11(16)2-3-12(14)17/h6-7,15H,2-5H2,1H3. The summed E-state index contributed by atoms with van der Waals surface area (Å²) in [5.74, 6) is 0.0851. The van der Waals surface area contributed by atoms with Gasteiger partial charge in [0.15, 0.2) is 11.6 Å². The minimum Gasteiger partial charge on any atom is -0.508 e. The third kappa shape index (κ3) is 1.17. The molecule has 0 amide bonds. The first-order chi connectivity index (χ1) is 8.05. The molecule has 0 bridgehead atoms. The molecule has 3 rings (SSSR count). The van der Waals surface area contributed by atoms with E-state index in [1.165, 1.54) is 0 Å². The highest BCUT2D eigenvalue weighted by molar-refractivity contribution is 6.19. The molecule has 88 valence electrons. The second-order valence-electron chi connectivity index (χ2n) is 5.07. The van der Waals surface area contributed by atoms with Gasteiger partial charge in [-0.15, -0.1) is 0 Å². The average Bonchev–Trinajstić information content (AvgIpc) is 2.77. The van der Waals surface area contributed by atoms with Crippen molar-refractivity contribution in [1.29, 1.82) is 0 Å². The van der Waals surface area contributed by atoms with Crippen LogP contribution in [0.1, 0.15) is 36.0 Å². The highest BCUT2D eigenvalue weighted by Crippen LogP contribution is 2.49. The van der Waals surface area contributed by atoms with E-state index in [0.717, 1.165) is 11.1 Å². The first-order valence-electron chi connectivity index (χ1n) is 5.95. The number of benzene rings is 1. The van der Waals surface area contributed by atoms with Crippen LogP contribution < -0.4 is 0 Å². The molecule has 2 aliphatic rings. The molecule has 1 spiro atoms. The van der Waals surface area contributed by atoms with Gasteiger partial charge in [-0.3, -0.25) is 9.59 Å². The smallest absolute Gasteiger partial charge is 0.151 e. The van der Waals surface area contributed by atoms with Crippen LogP contribution in [0.2, 0.25) is 0 Å². The molecule has 1 N–H and O–H groups in total. The molecule has 2 aliphatic carbocycles. The van der Waals surface area contributed by atoms with Crippen molar-refractivity contribution in [3.63, 3.8) is 0 Å². The molecule has 0 unspecified atom stereocenters. The summed E-state index contributed by atoms with van der Waals surface area (Å²) in [6, 6.07) is 3.62. The summed E-state index contributed by atoms with van der Waals surface area (Å²) in [4.78, 5) is 24.2. The quantitative estimate of drug-likeness (QED) is 0.692. The first-order valence-corrected chi connectivity index (χ1v) is 5.95. The van der Waals surface area contributed by atoms with Crippen molar-refractivity contribution in [2.45, 2.75) is 38.0 Å². The second kappa shape index (κ2) is 3.19. The number of rotatable bonds is 0. The number of ketones is 2. The number of carbonyl (C=O) groups is 2. The monoisotopic (exact) mass is 230 g/mol. The Morgan fingerprint density at radius 3 is 2.41 bits per heavy atom. The Balaban J connectivity index is 2.28. The largest absolute Gasteiger partial charge is 0.508 e. The molecule has 0 saturated heterocycles. The fourth-order valence-electron chi connectivity index (χ4n) is 3.35. The van der Waals surface area contributed by atoms with Crippen molar-refractivity contribution in [2.24, 2.45) is 0 Å². The summed E-state index contributed by atoms with van der Waals surface area (Å²) < 4.78 is 0. The Kier molecular flexibility index (Phi) is 1.97. The molecule has 1 aromatic carbocycles. The zero-order valence-corrected chi connectivity index (χ0v) is 9.75. The third-order valence-corrected chi connectivity index (χ3v) is 4.07. The van der Waals surface area contributed by atoms with Gasteiger partial charge in [0.25, 0.3) is 0 Å². The molecule has 1 fully saturated rings. The molecular formula is C14H14O3. The molecule has 1 saturated carbocycles. The highest BCUT2D eigenvalue weighted by atomic mass is 16.3. The maximum absolute atomic E-state index is 12.1. The number of phenols is 1. The van der Waals surface area contributed by atoms with Crippen LogP contribution in [-0.2, 0) is 21.4 Å². The van der Waals surface area contributed by atoms with E-state index in [4.69, 9.17) is 0 Å². The fraction of sp³-hybridized carbons (Fsp3) is 0.429. The van der Waals surface area contributed by atoms with Gasteiger partial charge >= 0.3 is 0 Å². The molecule has 0 aliphatic heterocycles. The molecule has 0 radical (unpaired) electrons. The van der Waals surface area contributed by atoms with Crippen LogP contribution in [0, 0.1) is 6.92 Å². The predicted octanol–water partition coefficient (Wildman–Crippen LogP) is 1.82. The van der Waals surface area contributed by atoms with Gasteiger partial charge in [-0.1, -0.05) is 6.07 Å². The Labute approximate surface area is 99.5 Å². The van der Waals surface area contributed by atoms with Gasteiger partial charge in [0.05, 0.1) is 0 Å². The number of hydrogen-bond donors (Lipinski definition) is 1. The highest BCUT2D eigenvalue weighted by Gasteiger charge is 2.55. The summed E-state index contributed by atoms with van der Waals surface area (Å²) in [5.41, 5.74) is 1.52. The molecule has 3 nitrogen and oxygen atoms in total. The number of Topliss-reactive ketones (excluding diaryl/α,β-unsaturated/α-hetero) is 2. The lowest BCUT2D eigenvalue weighted by Crippen LogP contribution is -2.35. The summed E-state index contributed by atoms with van der Waals surface area (Å²) in [6.07, 6.45) is 1.90. The first kappa shape index (κ1) is 10.5. The molecule has 0 heterocycles. The maximum Gasteiger partial charge on any atom is 0.151 e. The van der Waals surface area contributed by atoms with E-state index in [0.29, 0.717) is 31.2 Å². The van der Waals surface area contributed by atoms with Crippen molar-refractivity contribution in [2.75, 3.05) is 0 Å². The van der Waals surface area contributed by atoms with E-state index in [1.807, 2.05) is 13.0 Å². The van der Waals surface area contributed by atoms with Gasteiger partial charge < -0.3 is 5.11 Å². The number of phenolic OH excluding ortho intramolecular Hbond substituents is 1. The van der Waals surface area contributed by atoms with Gasteiger partial charge in [0.1, 0.15) is 11.2 Å². The number of hydrogen-bond acceptors (Lipinski definition) is 3. The zero-order valence-electron chi connectivity index (χ0n) is 9.75. The van der Waals surface area contributed by atoms with Crippen LogP contribution in [0.25, 0.3) is 0 Å². The van der Waals surface area contributed by atoms with E-state index in [2.05, 4.69) is 0 Å². The molecule has 0 aromatic heterocycles. The zero-order chi connectivity index (χ0) is 12.2. The lowest BCUT2D eigenvalue weighted by Gasteiger charge is -2.22. The lowest BCUT2D eigenvalue weighted by molar-refractivity contribution is -0.129. The van der Waals surface area contributed by atoms with Gasteiger partial charge in [-0.25, -0.2) is 0 Å². The van der Waals surface area contributed by atoms with Crippen LogP contribution in [-0.4, -0.2) is 16.7 Å². The van der Waals surface area contributed by atoms with E-state index < -0.39 is 5.41 Å². The van der Waals surface area contributed by atoms with E-state index in [1.54, 1.807) is 6.07 Å². The maximum atomic E-state index is 12.1. The Bertz CT molecular complexity index is 527. The molecule has 3 heteroatoms. The topological polar surface area (TPSA) is 54.4 Å². The van der Waals surface area contributed by atoms with Gasteiger partial charge in [0.2, 0.25) is 0 Å². The van der Waals surface area contributed by atoms with Crippen LogP contribution >= 0.6 is 0 Å². The van der Waals surface area contributed by atoms with E-state index >= 15 is 0 Å².